The molecule has 0 spiro atoms. The first-order valence-corrected chi connectivity index (χ1v) is 11.2. The summed E-state index contributed by atoms with van der Waals surface area (Å²) < 4.78 is 19.9. The molecule has 2 aromatic rings. The number of aliphatic hydroxyl groups is 1. The van der Waals surface area contributed by atoms with Crippen LogP contribution in [0.3, 0.4) is 0 Å². The number of carbonyl (C=O) groups excluding carboxylic acids is 1. The molecule has 1 aliphatic heterocycles. The van der Waals surface area contributed by atoms with E-state index in [9.17, 15) is 14.3 Å². The lowest BCUT2D eigenvalue weighted by molar-refractivity contribution is -0.0351. The largest absolute Gasteiger partial charge is 0.378 e. The van der Waals surface area contributed by atoms with E-state index in [-0.39, 0.29) is 17.6 Å². The Kier molecular flexibility index (Phi) is 7.99. The number of nitrogens with two attached hydrogens (primary N) is 1. The van der Waals surface area contributed by atoms with Crippen molar-refractivity contribution in [3.63, 3.8) is 0 Å². The number of morpholine rings is 1. The number of hydrogen-bond acceptors (Lipinski definition) is 8. The maximum Gasteiger partial charge on any atom is 0.268 e. The Morgan fingerprint density at radius 2 is 2.41 bits per heavy atom. The summed E-state index contributed by atoms with van der Waals surface area (Å²) in [5, 5.41) is 14.8. The number of aromatic nitrogens is 1. The van der Waals surface area contributed by atoms with Crippen molar-refractivity contribution in [1.29, 1.82) is 0 Å². The molecule has 0 radical (unpaired) electrons. The number of primary amides is 1. The minimum atomic E-state index is -0.723. The molecule has 1 fully saturated rings. The number of nitrogens with one attached hydrogen (secondary N) is 1. The number of ether oxygens (including phenoxy) is 1. The first kappa shape index (κ1) is 22.1. The number of hydrogen-bond donors (Lipinski definition) is 3. The number of carbonyl (C=O) groups is 1. The first-order valence-electron chi connectivity index (χ1n) is 9.29. The number of aryl methyl sites for hydroxylation is 1. The molecule has 1 aromatic carbocycles. The van der Waals surface area contributed by atoms with Gasteiger partial charge in [0.05, 0.1) is 12.7 Å². The van der Waals surface area contributed by atoms with Crippen LogP contribution in [-0.2, 0) is 11.3 Å². The van der Waals surface area contributed by atoms with Gasteiger partial charge in [-0.3, -0.25) is 15.0 Å². The van der Waals surface area contributed by atoms with Crippen LogP contribution in [0.2, 0.25) is 0 Å². The average Bonchev–Trinajstić information content (AvgIpc) is 3.17. The highest BCUT2D eigenvalue weighted by molar-refractivity contribution is 8.01. The molecule has 158 valence electrons. The lowest BCUT2D eigenvalue weighted by Gasteiger charge is -2.33. The SMILES string of the molecule is Cc1cc(CN2CCO[C@@H](CNC(O)CSc3nc(C(N)=O)cs3)C2)ccc1F. The highest BCUT2D eigenvalue weighted by Gasteiger charge is 2.21. The molecule has 1 aliphatic rings. The van der Waals surface area contributed by atoms with E-state index < -0.39 is 12.1 Å². The number of halogens is 1. The molecule has 1 saturated heterocycles. The predicted octanol–water partition coefficient (Wildman–Crippen LogP) is 1.59. The molecule has 1 unspecified atom stereocenters. The highest BCUT2D eigenvalue weighted by Crippen LogP contribution is 2.23. The molecule has 1 amide bonds. The zero-order valence-corrected chi connectivity index (χ0v) is 17.8. The molecule has 2 atom stereocenters. The van der Waals surface area contributed by atoms with Crippen molar-refractivity contribution in [2.24, 2.45) is 5.73 Å². The summed E-state index contributed by atoms with van der Waals surface area (Å²) in [5.74, 6) is -0.341. The molecule has 2 heterocycles. The topological polar surface area (TPSA) is 101 Å². The fraction of sp³-hybridized carbons (Fsp3) is 0.474. The van der Waals surface area contributed by atoms with Crippen molar-refractivity contribution >= 4 is 29.0 Å². The van der Waals surface area contributed by atoms with E-state index in [4.69, 9.17) is 10.5 Å². The Balaban J connectivity index is 1.40. The molecular weight excluding hydrogens is 415 g/mol. The van der Waals surface area contributed by atoms with Gasteiger partial charge in [0, 0.05) is 37.3 Å². The Hall–Kier alpha value is -1.56. The first-order chi connectivity index (χ1) is 13.9. The van der Waals surface area contributed by atoms with Crippen LogP contribution in [0, 0.1) is 12.7 Å². The number of amides is 1. The van der Waals surface area contributed by atoms with Crippen LogP contribution in [0.25, 0.3) is 0 Å². The zero-order chi connectivity index (χ0) is 20.8. The Morgan fingerprint density at radius 3 is 3.14 bits per heavy atom. The second-order valence-electron chi connectivity index (χ2n) is 6.91. The third-order valence-electron chi connectivity index (χ3n) is 4.53. The summed E-state index contributed by atoms with van der Waals surface area (Å²) >= 11 is 2.69. The van der Waals surface area contributed by atoms with Gasteiger partial charge in [-0.2, -0.15) is 0 Å². The Bertz CT molecular complexity index is 836. The molecule has 4 N–H and O–H groups in total. The average molecular weight is 441 g/mol. The second-order valence-corrected chi connectivity index (χ2v) is 9.03. The quantitative estimate of drug-likeness (QED) is 0.402. The van der Waals surface area contributed by atoms with Crippen LogP contribution in [-0.4, -0.2) is 65.2 Å². The Labute approximate surface area is 177 Å². The number of benzene rings is 1. The summed E-state index contributed by atoms with van der Waals surface area (Å²) in [4.78, 5) is 17.4. The summed E-state index contributed by atoms with van der Waals surface area (Å²) in [6, 6.07) is 5.20. The zero-order valence-electron chi connectivity index (χ0n) is 16.1. The molecule has 1 aromatic heterocycles. The molecule has 3 rings (SSSR count). The minimum absolute atomic E-state index is 0.0359. The summed E-state index contributed by atoms with van der Waals surface area (Å²) in [6.45, 7) is 5.20. The normalized spacial score (nSPS) is 18.7. The fourth-order valence-corrected chi connectivity index (χ4v) is 4.76. The molecule has 10 heteroatoms. The molecule has 29 heavy (non-hydrogen) atoms. The summed E-state index contributed by atoms with van der Waals surface area (Å²) in [7, 11) is 0. The fourth-order valence-electron chi connectivity index (χ4n) is 3.02. The van der Waals surface area contributed by atoms with Gasteiger partial charge in [0.15, 0.2) is 4.34 Å². The molecule has 0 bridgehead atoms. The highest BCUT2D eigenvalue weighted by atomic mass is 32.2. The van der Waals surface area contributed by atoms with Crippen LogP contribution in [0.5, 0.6) is 0 Å². The molecule has 0 aliphatic carbocycles. The number of aliphatic hydroxyl groups excluding tert-OH is 1. The van der Waals surface area contributed by atoms with E-state index in [1.807, 2.05) is 12.1 Å². The predicted molar refractivity (Wildman–Crippen MR) is 112 cm³/mol. The standard InChI is InChI=1S/C19H25FN4O3S2/c1-12-6-13(2-3-15(12)20)8-24-4-5-27-14(9-24)7-22-17(25)11-29-19-23-16(10-28-19)18(21)26/h2-3,6,10,14,17,22,25H,4-5,7-9,11H2,1H3,(H2,21,26)/t14-,17?/m0/s1. The smallest absolute Gasteiger partial charge is 0.268 e. The van der Waals surface area contributed by atoms with Crippen LogP contribution in [0.4, 0.5) is 4.39 Å². The monoisotopic (exact) mass is 440 g/mol. The van der Waals surface area contributed by atoms with Gasteiger partial charge < -0.3 is 15.6 Å². The van der Waals surface area contributed by atoms with E-state index in [1.165, 1.54) is 29.2 Å². The van der Waals surface area contributed by atoms with Gasteiger partial charge in [-0.1, -0.05) is 23.9 Å². The number of thiazole rings is 1. The van der Waals surface area contributed by atoms with Gasteiger partial charge in [0.25, 0.3) is 5.91 Å². The third kappa shape index (κ3) is 6.73. The number of thioether (sulfide) groups is 1. The number of nitrogens with zero attached hydrogens (tertiary/aromatic N) is 2. The van der Waals surface area contributed by atoms with Gasteiger partial charge in [-0.15, -0.1) is 11.3 Å². The van der Waals surface area contributed by atoms with E-state index >= 15 is 0 Å². The van der Waals surface area contributed by atoms with Gasteiger partial charge in [0.2, 0.25) is 0 Å². The van der Waals surface area contributed by atoms with Crippen molar-refractivity contribution < 1.29 is 19.0 Å². The van der Waals surface area contributed by atoms with E-state index in [2.05, 4.69) is 15.2 Å². The van der Waals surface area contributed by atoms with Crippen LogP contribution >= 0.6 is 23.1 Å². The summed E-state index contributed by atoms with van der Waals surface area (Å²) in [6.07, 6.45) is -0.758. The van der Waals surface area contributed by atoms with Crippen molar-refractivity contribution in [1.82, 2.24) is 15.2 Å². The maximum absolute atomic E-state index is 13.4. The van der Waals surface area contributed by atoms with Gasteiger partial charge in [-0.25, -0.2) is 9.37 Å². The van der Waals surface area contributed by atoms with Crippen LogP contribution in [0.15, 0.2) is 27.9 Å². The molecule has 0 saturated carbocycles. The van der Waals surface area contributed by atoms with Gasteiger partial charge >= 0.3 is 0 Å². The third-order valence-corrected chi connectivity index (χ3v) is 6.63. The van der Waals surface area contributed by atoms with Crippen LogP contribution < -0.4 is 11.1 Å². The Morgan fingerprint density at radius 1 is 1.59 bits per heavy atom. The van der Waals surface area contributed by atoms with Crippen molar-refractivity contribution in [3.05, 3.63) is 46.2 Å². The van der Waals surface area contributed by atoms with E-state index in [0.29, 0.717) is 28.8 Å². The van der Waals surface area contributed by atoms with Crippen molar-refractivity contribution in [3.8, 4) is 0 Å². The number of rotatable bonds is 9. The lowest BCUT2D eigenvalue weighted by Crippen LogP contribution is -2.48. The lowest BCUT2D eigenvalue weighted by atomic mass is 10.1. The van der Waals surface area contributed by atoms with Crippen molar-refractivity contribution in [2.45, 2.75) is 30.1 Å². The van der Waals surface area contributed by atoms with Gasteiger partial charge in [0.1, 0.15) is 17.7 Å². The van der Waals surface area contributed by atoms with E-state index in [0.717, 1.165) is 25.2 Å². The van der Waals surface area contributed by atoms with Crippen molar-refractivity contribution in [2.75, 3.05) is 32.0 Å². The van der Waals surface area contributed by atoms with Gasteiger partial charge in [-0.05, 0) is 24.1 Å². The second kappa shape index (κ2) is 10.5. The maximum atomic E-state index is 13.4. The summed E-state index contributed by atoms with van der Waals surface area (Å²) in [5.41, 5.74) is 7.16. The van der Waals surface area contributed by atoms with Crippen LogP contribution in [0.1, 0.15) is 21.6 Å². The molecule has 7 nitrogen and oxygen atoms in total. The molecular formula is C19H25FN4O3S2. The minimum Gasteiger partial charge on any atom is -0.378 e. The van der Waals surface area contributed by atoms with E-state index in [1.54, 1.807) is 12.3 Å².